The Balaban J connectivity index is 0. The van der Waals surface area contributed by atoms with Gasteiger partial charge in [-0.25, -0.2) is 0 Å². The van der Waals surface area contributed by atoms with Crippen LogP contribution < -0.4 is 0 Å². The van der Waals surface area contributed by atoms with Gasteiger partial charge in [0.2, 0.25) is 0 Å². The standard InChI is InChI=1S/Ge.2Mg.4H2O/h;;;4*1H2/q;2*+2;;;;/p-4. The Morgan fingerprint density at radius 1 is 0.429 bits per heavy atom. The largest absolute Gasteiger partial charge is 2.00 e. The zero-order valence-electron chi connectivity index (χ0n) is 3.70. The van der Waals surface area contributed by atoms with E-state index in [0.29, 0.717) is 0 Å². The molecule has 0 amide bonds. The summed E-state index contributed by atoms with van der Waals surface area (Å²) in [6, 6.07) is 0. The fraction of sp³-hybridized carbons (Fsp3) is 0. The summed E-state index contributed by atoms with van der Waals surface area (Å²) in [7, 11) is 0. The second-order valence-corrected chi connectivity index (χ2v) is 0. The van der Waals surface area contributed by atoms with Gasteiger partial charge in [-0.3, -0.25) is 0 Å². The summed E-state index contributed by atoms with van der Waals surface area (Å²) in [4.78, 5) is 0. The molecule has 0 aromatic rings. The molecule has 7 heavy (non-hydrogen) atoms. The second kappa shape index (κ2) is 103. The maximum absolute atomic E-state index is 0. The Hall–Kier alpha value is 1.92. The summed E-state index contributed by atoms with van der Waals surface area (Å²) in [5.74, 6) is 0. The first-order valence-corrected chi connectivity index (χ1v) is 0. The molecule has 0 spiro atoms. The molecule has 4 nitrogen and oxygen atoms in total. The van der Waals surface area contributed by atoms with Crippen LogP contribution in [0.4, 0.5) is 0 Å². The molecule has 36 valence electrons. The molecule has 0 atom stereocenters. The minimum atomic E-state index is 0. The van der Waals surface area contributed by atoms with E-state index in [0.717, 1.165) is 0 Å². The van der Waals surface area contributed by atoms with Crippen molar-refractivity contribution in [3.8, 4) is 0 Å². The van der Waals surface area contributed by atoms with E-state index < -0.39 is 0 Å². The van der Waals surface area contributed by atoms with Gasteiger partial charge in [0.25, 0.3) is 0 Å². The fourth-order valence-electron chi connectivity index (χ4n) is 0. The van der Waals surface area contributed by atoms with Gasteiger partial charge in [0.1, 0.15) is 0 Å². The maximum Gasteiger partial charge on any atom is 2.00 e. The zero-order chi connectivity index (χ0) is 0. The van der Waals surface area contributed by atoms with Crippen molar-refractivity contribution < 1.29 is 21.9 Å². The summed E-state index contributed by atoms with van der Waals surface area (Å²) in [6.45, 7) is 0. The Kier molecular flexibility index (Phi) is 2240. The first kappa shape index (κ1) is 152. The van der Waals surface area contributed by atoms with Crippen molar-refractivity contribution in [2.45, 2.75) is 0 Å². The summed E-state index contributed by atoms with van der Waals surface area (Å²) in [5.41, 5.74) is 0. The molecule has 0 aliphatic rings. The van der Waals surface area contributed by atoms with Crippen molar-refractivity contribution >= 4 is 63.7 Å². The van der Waals surface area contributed by atoms with E-state index in [1.807, 2.05) is 0 Å². The summed E-state index contributed by atoms with van der Waals surface area (Å²) >= 11 is 0. The van der Waals surface area contributed by atoms with Gasteiger partial charge in [0, 0.05) is 17.6 Å². The van der Waals surface area contributed by atoms with Gasteiger partial charge >= 0.3 is 46.1 Å². The van der Waals surface area contributed by atoms with Crippen molar-refractivity contribution in [1.29, 1.82) is 0 Å². The molecule has 7 heteroatoms. The van der Waals surface area contributed by atoms with Gasteiger partial charge in [-0.1, -0.05) is 0 Å². The number of hydrogen-bond donors (Lipinski definition) is 0. The Morgan fingerprint density at radius 2 is 0.429 bits per heavy atom. The van der Waals surface area contributed by atoms with Gasteiger partial charge in [0.15, 0.2) is 0 Å². The molecule has 0 bridgehead atoms. The third kappa shape index (κ3) is 75.5. The van der Waals surface area contributed by atoms with Crippen LogP contribution in [0.2, 0.25) is 0 Å². The van der Waals surface area contributed by atoms with Crippen LogP contribution in [0, 0.1) is 0 Å². The van der Waals surface area contributed by atoms with Crippen molar-refractivity contribution in [1.82, 2.24) is 0 Å². The quantitative estimate of drug-likeness (QED) is 0.415. The average Bonchev–Trinajstić information content (AvgIpc) is 0. The van der Waals surface area contributed by atoms with E-state index in [-0.39, 0.29) is 85.6 Å². The van der Waals surface area contributed by atoms with Crippen LogP contribution in [-0.4, -0.2) is 85.6 Å². The normalized spacial score (nSPS) is 0. The molecule has 0 aromatic heterocycles. The molecule has 0 heterocycles. The van der Waals surface area contributed by atoms with Crippen LogP contribution in [0.15, 0.2) is 0 Å². The SMILES string of the molecule is [Ge].[Mg+2].[Mg+2].[OH-].[OH-].[OH-].[OH-]. The summed E-state index contributed by atoms with van der Waals surface area (Å²) in [6.07, 6.45) is 0. The first-order valence-electron chi connectivity index (χ1n) is 0. The molecule has 0 fully saturated rings. The molecule has 0 saturated heterocycles. The number of rotatable bonds is 0. The van der Waals surface area contributed by atoms with Crippen LogP contribution in [0.5, 0.6) is 0 Å². The number of hydrogen-bond acceptors (Lipinski definition) is 4. The Bertz CT molecular complexity index is 9.65. The minimum absolute atomic E-state index is 0. The van der Waals surface area contributed by atoms with E-state index in [9.17, 15) is 0 Å². The van der Waals surface area contributed by atoms with Gasteiger partial charge in [-0.05, 0) is 0 Å². The topological polar surface area (TPSA) is 120 Å². The van der Waals surface area contributed by atoms with E-state index >= 15 is 0 Å². The Labute approximate surface area is 84.9 Å². The van der Waals surface area contributed by atoms with Crippen molar-refractivity contribution in [3.63, 3.8) is 0 Å². The minimum Gasteiger partial charge on any atom is -0.870 e. The molecular formula is H4GeMg2O4. The van der Waals surface area contributed by atoms with Gasteiger partial charge in [-0.15, -0.1) is 0 Å². The predicted octanol–water partition coefficient (Wildman–Crippen LogP) is -1.85. The van der Waals surface area contributed by atoms with E-state index in [4.69, 9.17) is 0 Å². The molecule has 0 aromatic carbocycles. The molecule has 0 unspecified atom stereocenters. The smallest absolute Gasteiger partial charge is 0.870 e. The monoisotopic (exact) mass is 190 g/mol. The van der Waals surface area contributed by atoms with Gasteiger partial charge in [-0.2, -0.15) is 0 Å². The molecule has 0 saturated carbocycles. The predicted molar refractivity (Wildman–Crippen MR) is 25.0 cm³/mol. The average molecular weight is 189 g/mol. The van der Waals surface area contributed by atoms with Gasteiger partial charge < -0.3 is 21.9 Å². The van der Waals surface area contributed by atoms with E-state index in [2.05, 4.69) is 0 Å². The molecule has 4 N–H and O–H groups in total. The maximum atomic E-state index is 0. The summed E-state index contributed by atoms with van der Waals surface area (Å²) in [5, 5.41) is 0. The van der Waals surface area contributed by atoms with Gasteiger partial charge in [0.05, 0.1) is 0 Å². The molecule has 4 radical (unpaired) electrons. The van der Waals surface area contributed by atoms with Crippen molar-refractivity contribution in [2.24, 2.45) is 0 Å². The van der Waals surface area contributed by atoms with Crippen LogP contribution in [-0.2, 0) is 0 Å². The third-order valence-corrected chi connectivity index (χ3v) is 0. The van der Waals surface area contributed by atoms with Crippen LogP contribution in [0.25, 0.3) is 0 Å². The molecule has 0 aliphatic carbocycles. The Morgan fingerprint density at radius 3 is 0.429 bits per heavy atom. The van der Waals surface area contributed by atoms with E-state index in [1.54, 1.807) is 0 Å². The summed E-state index contributed by atoms with van der Waals surface area (Å²) < 4.78 is 0. The van der Waals surface area contributed by atoms with Crippen molar-refractivity contribution in [3.05, 3.63) is 0 Å². The third-order valence-electron chi connectivity index (χ3n) is 0. The van der Waals surface area contributed by atoms with Crippen molar-refractivity contribution in [2.75, 3.05) is 0 Å². The molecule has 0 rings (SSSR count). The van der Waals surface area contributed by atoms with Crippen LogP contribution in [0.3, 0.4) is 0 Å². The zero-order valence-corrected chi connectivity index (χ0v) is 8.63. The first-order chi connectivity index (χ1) is 0. The van der Waals surface area contributed by atoms with Crippen LogP contribution >= 0.6 is 0 Å². The fourth-order valence-corrected chi connectivity index (χ4v) is 0. The molecular weight excluding hydrogens is 185 g/mol. The van der Waals surface area contributed by atoms with Crippen LogP contribution in [0.1, 0.15) is 0 Å². The van der Waals surface area contributed by atoms with E-state index in [1.165, 1.54) is 0 Å². The second-order valence-electron chi connectivity index (χ2n) is 0. The molecule has 0 aliphatic heterocycles.